The molecular weight excluding hydrogens is 440 g/mol. The van der Waals surface area contributed by atoms with Crippen molar-refractivity contribution in [3.8, 4) is 0 Å². The largest absolute Gasteiger partial charge is 0.459 e. The van der Waals surface area contributed by atoms with E-state index in [9.17, 15) is 20.1 Å². The molecule has 5 aliphatic carbocycles. The molecule has 35 heavy (non-hydrogen) atoms. The SMILES string of the molecule is CC(C)(O)[C@@H]1[C@H]2OC(=O)[C@]3(CC[C@]4(C)C(CC[C@@H]5[C@@]6(C)CC[C@H](O)C(C)(C)C6CC[C@]54C)[C@@H]13)[C@@H]2O. The standard InChI is InChI=1S/C30H48O5/c1-25(2)17-10-13-29(7)18(27(17,5)12-11-19(25)31)9-8-16-20-21(26(3,4)34)22-23(32)30(20,24(33)35-22)15-14-28(16,29)6/h16-23,31-32,34H,8-15H2,1-7H3/t16?,17?,18-,19+,20+,21+,22-,23-,27+,28-,29-,30+/m1/s1. The smallest absolute Gasteiger partial charge is 0.315 e. The number of aliphatic hydroxyl groups is 3. The summed E-state index contributed by atoms with van der Waals surface area (Å²) in [6.45, 7) is 15.8. The number of carbonyl (C=O) groups excluding carboxylic acids is 1. The van der Waals surface area contributed by atoms with Gasteiger partial charge in [0.2, 0.25) is 0 Å². The van der Waals surface area contributed by atoms with Gasteiger partial charge in [0, 0.05) is 5.92 Å². The van der Waals surface area contributed by atoms with Crippen molar-refractivity contribution in [3.63, 3.8) is 0 Å². The predicted octanol–water partition coefficient (Wildman–Crippen LogP) is 4.71. The van der Waals surface area contributed by atoms with E-state index in [1.807, 2.05) is 13.8 Å². The fourth-order valence-corrected chi connectivity index (χ4v) is 12.2. The molecule has 12 atom stereocenters. The lowest BCUT2D eigenvalue weighted by atomic mass is 9.32. The molecule has 3 N–H and O–H groups in total. The average molecular weight is 489 g/mol. The quantitative estimate of drug-likeness (QED) is 0.466. The Bertz CT molecular complexity index is 938. The Kier molecular flexibility index (Phi) is 4.83. The Labute approximate surface area is 211 Å². The van der Waals surface area contributed by atoms with Crippen molar-refractivity contribution in [1.29, 1.82) is 0 Å². The predicted molar refractivity (Wildman–Crippen MR) is 133 cm³/mol. The summed E-state index contributed by atoms with van der Waals surface area (Å²) in [5.41, 5.74) is -1.52. The molecule has 0 aromatic heterocycles. The Morgan fingerprint density at radius 3 is 2.20 bits per heavy atom. The van der Waals surface area contributed by atoms with E-state index in [4.69, 9.17) is 4.74 Å². The highest BCUT2D eigenvalue weighted by atomic mass is 16.6. The van der Waals surface area contributed by atoms with Crippen LogP contribution in [-0.4, -0.2) is 45.2 Å². The first-order valence-electron chi connectivity index (χ1n) is 14.4. The van der Waals surface area contributed by atoms with Gasteiger partial charge in [-0.3, -0.25) is 4.79 Å². The maximum atomic E-state index is 13.3. The third-order valence-electron chi connectivity index (χ3n) is 14.0. The lowest BCUT2D eigenvalue weighted by molar-refractivity contribution is -0.258. The number of ether oxygens (including phenoxy) is 1. The highest BCUT2D eigenvalue weighted by Gasteiger charge is 2.80. The number of hydrogen-bond donors (Lipinski definition) is 3. The van der Waals surface area contributed by atoms with Gasteiger partial charge in [-0.05, 0) is 111 Å². The highest BCUT2D eigenvalue weighted by Crippen LogP contribution is 2.78. The van der Waals surface area contributed by atoms with Gasteiger partial charge in [0.25, 0.3) is 0 Å². The molecular formula is C30H48O5. The topological polar surface area (TPSA) is 87.0 Å². The van der Waals surface area contributed by atoms with Crippen molar-refractivity contribution in [2.24, 2.45) is 56.7 Å². The molecule has 0 aromatic rings. The molecule has 6 aliphatic rings. The molecule has 5 saturated carbocycles. The first-order chi connectivity index (χ1) is 16.1. The summed E-state index contributed by atoms with van der Waals surface area (Å²) in [5.74, 6) is 0.936. The minimum Gasteiger partial charge on any atom is -0.459 e. The average Bonchev–Trinajstić information content (AvgIpc) is 3.14. The highest BCUT2D eigenvalue weighted by molar-refractivity contribution is 5.82. The van der Waals surface area contributed by atoms with Crippen LogP contribution >= 0.6 is 0 Å². The monoisotopic (exact) mass is 488 g/mol. The lowest BCUT2D eigenvalue weighted by Crippen LogP contribution is -2.68. The Balaban J connectivity index is 1.43. The van der Waals surface area contributed by atoms with Crippen molar-refractivity contribution < 1.29 is 24.9 Å². The van der Waals surface area contributed by atoms with E-state index in [-0.39, 0.29) is 45.6 Å². The van der Waals surface area contributed by atoms with Crippen molar-refractivity contribution >= 4 is 5.97 Å². The van der Waals surface area contributed by atoms with Crippen LogP contribution in [0.5, 0.6) is 0 Å². The number of fused-ring (bicyclic) bond motifs is 7. The van der Waals surface area contributed by atoms with Crippen LogP contribution in [0.4, 0.5) is 0 Å². The van der Waals surface area contributed by atoms with Crippen molar-refractivity contribution in [2.45, 2.75) is 124 Å². The summed E-state index contributed by atoms with van der Waals surface area (Å²) in [6.07, 6.45) is 6.46. The first-order valence-corrected chi connectivity index (χ1v) is 14.4. The maximum Gasteiger partial charge on any atom is 0.315 e. The van der Waals surface area contributed by atoms with Gasteiger partial charge in [0.1, 0.15) is 17.6 Å². The minimum atomic E-state index is -1.01. The van der Waals surface area contributed by atoms with Crippen LogP contribution in [0.3, 0.4) is 0 Å². The number of hydrogen-bond acceptors (Lipinski definition) is 5. The third kappa shape index (κ3) is 2.60. The van der Waals surface area contributed by atoms with Crippen LogP contribution in [0.2, 0.25) is 0 Å². The van der Waals surface area contributed by atoms with Crippen LogP contribution < -0.4 is 0 Å². The van der Waals surface area contributed by atoms with Crippen LogP contribution in [0, 0.1) is 56.7 Å². The molecule has 0 aromatic carbocycles. The van der Waals surface area contributed by atoms with Gasteiger partial charge < -0.3 is 20.1 Å². The van der Waals surface area contributed by atoms with E-state index in [0.717, 1.165) is 44.9 Å². The minimum absolute atomic E-state index is 0.0320. The maximum absolute atomic E-state index is 13.3. The molecule has 2 unspecified atom stereocenters. The van der Waals surface area contributed by atoms with Gasteiger partial charge in [-0.15, -0.1) is 0 Å². The molecule has 0 amide bonds. The van der Waals surface area contributed by atoms with E-state index < -0.39 is 23.2 Å². The molecule has 0 radical (unpaired) electrons. The molecule has 6 rings (SSSR count). The number of carbonyl (C=O) groups is 1. The second-order valence-corrected chi connectivity index (χ2v) is 15.6. The second-order valence-electron chi connectivity index (χ2n) is 15.6. The van der Waals surface area contributed by atoms with Gasteiger partial charge in [0.05, 0.1) is 11.7 Å². The summed E-state index contributed by atoms with van der Waals surface area (Å²) in [7, 11) is 0. The molecule has 2 bridgehead atoms. The third-order valence-corrected chi connectivity index (χ3v) is 14.0. The molecule has 198 valence electrons. The normalized spacial score (nSPS) is 58.6. The van der Waals surface area contributed by atoms with Gasteiger partial charge in [-0.1, -0.05) is 34.6 Å². The fourth-order valence-electron chi connectivity index (χ4n) is 12.2. The number of aliphatic hydroxyl groups excluding tert-OH is 2. The van der Waals surface area contributed by atoms with Crippen LogP contribution in [-0.2, 0) is 9.53 Å². The van der Waals surface area contributed by atoms with Gasteiger partial charge in [0.15, 0.2) is 0 Å². The van der Waals surface area contributed by atoms with E-state index in [2.05, 4.69) is 34.6 Å². The molecule has 5 nitrogen and oxygen atoms in total. The van der Waals surface area contributed by atoms with E-state index in [1.165, 1.54) is 0 Å². The summed E-state index contributed by atoms with van der Waals surface area (Å²) in [6, 6.07) is 0. The van der Waals surface area contributed by atoms with Crippen molar-refractivity contribution in [2.75, 3.05) is 0 Å². The molecule has 1 heterocycles. The van der Waals surface area contributed by atoms with Gasteiger partial charge in [-0.25, -0.2) is 0 Å². The Hall–Kier alpha value is -0.650. The Morgan fingerprint density at radius 2 is 1.54 bits per heavy atom. The summed E-state index contributed by atoms with van der Waals surface area (Å²) >= 11 is 0. The van der Waals surface area contributed by atoms with E-state index in [0.29, 0.717) is 24.2 Å². The van der Waals surface area contributed by atoms with Crippen molar-refractivity contribution in [1.82, 2.24) is 0 Å². The molecule has 1 aliphatic heterocycles. The zero-order valence-corrected chi connectivity index (χ0v) is 22.9. The van der Waals surface area contributed by atoms with Crippen LogP contribution in [0.15, 0.2) is 0 Å². The zero-order valence-electron chi connectivity index (χ0n) is 22.9. The second kappa shape index (κ2) is 6.86. The Morgan fingerprint density at radius 1 is 0.857 bits per heavy atom. The van der Waals surface area contributed by atoms with Crippen LogP contribution in [0.25, 0.3) is 0 Å². The molecule has 1 spiro atoms. The molecule has 5 heteroatoms. The number of rotatable bonds is 1. The fraction of sp³-hybridized carbons (Fsp3) is 0.967. The summed E-state index contributed by atoms with van der Waals surface area (Å²) in [4.78, 5) is 13.3. The lowest BCUT2D eigenvalue weighted by Gasteiger charge is -2.73. The van der Waals surface area contributed by atoms with Gasteiger partial charge in [-0.2, -0.15) is 0 Å². The van der Waals surface area contributed by atoms with Gasteiger partial charge >= 0.3 is 5.97 Å². The van der Waals surface area contributed by atoms with E-state index >= 15 is 0 Å². The first kappa shape index (κ1) is 24.7. The molecule has 6 fully saturated rings. The van der Waals surface area contributed by atoms with Crippen molar-refractivity contribution in [3.05, 3.63) is 0 Å². The van der Waals surface area contributed by atoms with Crippen LogP contribution in [0.1, 0.15) is 99.8 Å². The summed E-state index contributed by atoms with van der Waals surface area (Å²) < 4.78 is 5.76. The summed E-state index contributed by atoms with van der Waals surface area (Å²) in [5, 5.41) is 33.6. The zero-order chi connectivity index (χ0) is 25.6. The molecule has 1 saturated heterocycles. The number of esters is 1. The van der Waals surface area contributed by atoms with E-state index in [1.54, 1.807) is 0 Å².